The number of imidazole rings is 1. The van der Waals surface area contributed by atoms with Crippen LogP contribution in [0.25, 0.3) is 5.65 Å². The van der Waals surface area contributed by atoms with Crippen molar-refractivity contribution in [3.05, 3.63) is 59.7 Å². The van der Waals surface area contributed by atoms with E-state index in [0.717, 1.165) is 24.6 Å². The van der Waals surface area contributed by atoms with E-state index in [-0.39, 0.29) is 11.7 Å². The van der Waals surface area contributed by atoms with Gasteiger partial charge in [-0.05, 0) is 51.5 Å². The minimum Gasteiger partial charge on any atom is -0.357 e. The first-order valence-corrected chi connectivity index (χ1v) is 10.0. The van der Waals surface area contributed by atoms with Crippen molar-refractivity contribution in [1.82, 2.24) is 19.7 Å². The number of amides is 1. The molecule has 3 aromatic rings. The van der Waals surface area contributed by atoms with Crippen LogP contribution in [0.3, 0.4) is 0 Å². The molecule has 0 spiro atoms. The first-order chi connectivity index (χ1) is 14.1. The molecule has 0 saturated heterocycles. The van der Waals surface area contributed by atoms with E-state index < -0.39 is 0 Å². The van der Waals surface area contributed by atoms with E-state index in [4.69, 9.17) is 0 Å². The topological polar surface area (TPSA) is 79.6 Å². The fraction of sp³-hybridized carbons (Fsp3) is 0.364. The molecule has 7 nitrogen and oxygen atoms in total. The Kier molecular flexibility index (Phi) is 6.59. The molecule has 152 valence electrons. The zero-order chi connectivity index (χ0) is 20.8. The van der Waals surface area contributed by atoms with Gasteiger partial charge in [-0.15, -0.1) is 0 Å². The Morgan fingerprint density at radius 1 is 1.14 bits per heavy atom. The molecule has 29 heavy (non-hydrogen) atoms. The van der Waals surface area contributed by atoms with Crippen molar-refractivity contribution >= 4 is 23.2 Å². The highest BCUT2D eigenvalue weighted by atomic mass is 16.2. The van der Waals surface area contributed by atoms with Crippen molar-refractivity contribution in [2.75, 3.05) is 24.5 Å². The molecule has 0 atom stereocenters. The third kappa shape index (κ3) is 4.45. The number of Topliss-reactive ketones (excluding diaryl/α,β-unsaturated/α-hetero) is 1. The SMILES string of the molecule is CCN(CC)c1ncccc1C(=O)CCCNC(=O)c1c(C)nc2ccccn12. The number of nitrogens with zero attached hydrogens (tertiary/aromatic N) is 4. The number of anilines is 1. The number of hydrogen-bond donors (Lipinski definition) is 1. The van der Waals surface area contributed by atoms with Crippen molar-refractivity contribution in [2.24, 2.45) is 0 Å². The van der Waals surface area contributed by atoms with Crippen LogP contribution in [0.2, 0.25) is 0 Å². The number of ketones is 1. The Morgan fingerprint density at radius 2 is 1.93 bits per heavy atom. The van der Waals surface area contributed by atoms with E-state index in [1.54, 1.807) is 16.7 Å². The van der Waals surface area contributed by atoms with Crippen LogP contribution in [0.15, 0.2) is 42.7 Å². The molecule has 0 aliphatic rings. The number of aromatic nitrogens is 3. The second kappa shape index (κ2) is 9.32. The number of aryl methyl sites for hydroxylation is 1. The Labute approximate surface area is 170 Å². The lowest BCUT2D eigenvalue weighted by Crippen LogP contribution is -2.27. The van der Waals surface area contributed by atoms with E-state index in [1.807, 2.05) is 51.2 Å². The highest BCUT2D eigenvalue weighted by Crippen LogP contribution is 2.19. The Balaban J connectivity index is 1.59. The monoisotopic (exact) mass is 393 g/mol. The predicted molar refractivity (Wildman–Crippen MR) is 114 cm³/mol. The summed E-state index contributed by atoms with van der Waals surface area (Å²) in [5, 5.41) is 2.91. The van der Waals surface area contributed by atoms with E-state index in [9.17, 15) is 9.59 Å². The van der Waals surface area contributed by atoms with Gasteiger partial charge in [-0.1, -0.05) is 6.07 Å². The zero-order valence-corrected chi connectivity index (χ0v) is 17.2. The quantitative estimate of drug-likeness (QED) is 0.446. The molecule has 3 rings (SSSR count). The van der Waals surface area contributed by atoms with Gasteiger partial charge in [0.25, 0.3) is 5.91 Å². The van der Waals surface area contributed by atoms with E-state index in [2.05, 4.69) is 20.2 Å². The van der Waals surface area contributed by atoms with Gasteiger partial charge in [0.15, 0.2) is 5.78 Å². The van der Waals surface area contributed by atoms with Gasteiger partial charge >= 0.3 is 0 Å². The van der Waals surface area contributed by atoms with Crippen LogP contribution in [0.4, 0.5) is 5.82 Å². The molecule has 7 heteroatoms. The van der Waals surface area contributed by atoms with Crippen LogP contribution in [0.5, 0.6) is 0 Å². The Morgan fingerprint density at radius 3 is 2.69 bits per heavy atom. The summed E-state index contributed by atoms with van der Waals surface area (Å²) in [5.74, 6) is 0.590. The van der Waals surface area contributed by atoms with Crippen LogP contribution >= 0.6 is 0 Å². The zero-order valence-electron chi connectivity index (χ0n) is 17.2. The molecule has 0 aromatic carbocycles. The molecule has 0 bridgehead atoms. The molecule has 0 aliphatic carbocycles. The third-order valence-corrected chi connectivity index (χ3v) is 4.94. The van der Waals surface area contributed by atoms with Gasteiger partial charge in [-0.25, -0.2) is 9.97 Å². The van der Waals surface area contributed by atoms with Crippen molar-refractivity contribution in [3.63, 3.8) is 0 Å². The van der Waals surface area contributed by atoms with Gasteiger partial charge in [-0.3, -0.25) is 14.0 Å². The summed E-state index contributed by atoms with van der Waals surface area (Å²) in [4.78, 5) is 36.2. The number of carbonyl (C=O) groups excluding carboxylic acids is 2. The number of nitrogens with one attached hydrogen (secondary N) is 1. The standard InChI is InChI=1S/C22H27N5O2/c1-4-26(5-2)21-17(10-8-13-23-21)18(28)11-9-14-24-22(29)20-16(3)25-19-12-6-7-15-27(19)20/h6-8,10,12-13,15H,4-5,9,11,14H2,1-3H3,(H,24,29). The molecule has 3 heterocycles. The lowest BCUT2D eigenvalue weighted by Gasteiger charge is -2.22. The molecular weight excluding hydrogens is 366 g/mol. The average molecular weight is 393 g/mol. The van der Waals surface area contributed by atoms with Gasteiger partial charge in [-0.2, -0.15) is 0 Å². The second-order valence-electron chi connectivity index (χ2n) is 6.80. The summed E-state index contributed by atoms with van der Waals surface area (Å²) >= 11 is 0. The lowest BCUT2D eigenvalue weighted by atomic mass is 10.1. The van der Waals surface area contributed by atoms with Crippen molar-refractivity contribution in [2.45, 2.75) is 33.6 Å². The summed E-state index contributed by atoms with van der Waals surface area (Å²) in [5.41, 5.74) is 2.60. The summed E-state index contributed by atoms with van der Waals surface area (Å²) in [6.07, 6.45) is 4.45. The summed E-state index contributed by atoms with van der Waals surface area (Å²) in [6, 6.07) is 9.23. The molecule has 1 N–H and O–H groups in total. The molecule has 0 unspecified atom stereocenters. The minimum absolute atomic E-state index is 0.0419. The van der Waals surface area contributed by atoms with Crippen LogP contribution < -0.4 is 10.2 Å². The fourth-order valence-electron chi connectivity index (χ4n) is 3.45. The highest BCUT2D eigenvalue weighted by molar-refractivity contribution is 6.00. The number of hydrogen-bond acceptors (Lipinski definition) is 5. The van der Waals surface area contributed by atoms with Crippen molar-refractivity contribution < 1.29 is 9.59 Å². The number of pyridine rings is 2. The largest absolute Gasteiger partial charge is 0.357 e. The number of fused-ring (bicyclic) bond motifs is 1. The smallest absolute Gasteiger partial charge is 0.270 e. The van der Waals surface area contributed by atoms with Gasteiger partial charge < -0.3 is 10.2 Å². The Bertz CT molecular complexity index is 1010. The van der Waals surface area contributed by atoms with Gasteiger partial charge in [0, 0.05) is 38.4 Å². The van der Waals surface area contributed by atoms with Crippen LogP contribution in [0.1, 0.15) is 53.2 Å². The molecular formula is C22H27N5O2. The van der Waals surface area contributed by atoms with E-state index in [0.29, 0.717) is 36.3 Å². The van der Waals surface area contributed by atoms with E-state index >= 15 is 0 Å². The maximum atomic E-state index is 12.7. The molecule has 0 fully saturated rings. The molecule has 0 saturated carbocycles. The summed E-state index contributed by atoms with van der Waals surface area (Å²) < 4.78 is 1.78. The molecule has 0 aliphatic heterocycles. The van der Waals surface area contributed by atoms with Gasteiger partial charge in [0.2, 0.25) is 0 Å². The number of carbonyl (C=O) groups is 2. The van der Waals surface area contributed by atoms with Crippen molar-refractivity contribution in [1.29, 1.82) is 0 Å². The normalized spacial score (nSPS) is 10.9. The number of rotatable bonds is 9. The van der Waals surface area contributed by atoms with Crippen LogP contribution in [0, 0.1) is 6.92 Å². The van der Waals surface area contributed by atoms with E-state index in [1.165, 1.54) is 0 Å². The summed E-state index contributed by atoms with van der Waals surface area (Å²) in [7, 11) is 0. The summed E-state index contributed by atoms with van der Waals surface area (Å²) in [6.45, 7) is 7.92. The second-order valence-corrected chi connectivity index (χ2v) is 6.80. The fourth-order valence-corrected chi connectivity index (χ4v) is 3.45. The van der Waals surface area contributed by atoms with Gasteiger partial charge in [0.1, 0.15) is 17.2 Å². The minimum atomic E-state index is -0.182. The van der Waals surface area contributed by atoms with Crippen molar-refractivity contribution in [3.8, 4) is 0 Å². The molecule has 1 amide bonds. The van der Waals surface area contributed by atoms with Gasteiger partial charge in [0.05, 0.1) is 11.3 Å². The third-order valence-electron chi connectivity index (χ3n) is 4.94. The maximum Gasteiger partial charge on any atom is 0.270 e. The first-order valence-electron chi connectivity index (χ1n) is 10.0. The maximum absolute atomic E-state index is 12.7. The average Bonchev–Trinajstić information content (AvgIpc) is 3.08. The van der Waals surface area contributed by atoms with Crippen LogP contribution in [-0.4, -0.2) is 45.7 Å². The first kappa shape index (κ1) is 20.5. The molecule has 0 radical (unpaired) electrons. The predicted octanol–water partition coefficient (Wildman–Crippen LogP) is 3.28. The Hall–Kier alpha value is -3.22. The molecule has 3 aromatic heterocycles. The highest BCUT2D eigenvalue weighted by Gasteiger charge is 2.17. The van der Waals surface area contributed by atoms with Crippen LogP contribution in [-0.2, 0) is 0 Å². The lowest BCUT2D eigenvalue weighted by molar-refractivity contribution is 0.0933.